The number of nitrogens with zero attached hydrogens (tertiary/aromatic N) is 2. The van der Waals surface area contributed by atoms with Gasteiger partial charge in [-0.3, -0.25) is 0 Å². The van der Waals surface area contributed by atoms with Crippen molar-refractivity contribution in [3.8, 4) is 0 Å². The van der Waals surface area contributed by atoms with Crippen molar-refractivity contribution in [1.82, 2.24) is 9.97 Å². The van der Waals surface area contributed by atoms with E-state index in [0.29, 0.717) is 6.54 Å². The van der Waals surface area contributed by atoms with Gasteiger partial charge in [0.25, 0.3) is 0 Å². The normalized spacial score (nSPS) is 10.7. The molecule has 2 heterocycles. The van der Waals surface area contributed by atoms with Crippen LogP contribution < -0.4 is 5.32 Å². The number of hydrogen-bond donors (Lipinski definition) is 2. The van der Waals surface area contributed by atoms with E-state index in [9.17, 15) is 0 Å². The highest BCUT2D eigenvalue weighted by molar-refractivity contribution is 7.98. The fourth-order valence-electron chi connectivity index (χ4n) is 1.69. The molecule has 6 heteroatoms. The van der Waals surface area contributed by atoms with E-state index in [0.717, 1.165) is 29.4 Å². The van der Waals surface area contributed by atoms with Gasteiger partial charge in [-0.2, -0.15) is 11.8 Å². The molecule has 2 rings (SSSR count). The van der Waals surface area contributed by atoms with Crippen LogP contribution in [0.15, 0.2) is 23.7 Å². The lowest BCUT2D eigenvalue weighted by Crippen LogP contribution is -2.02. The fourth-order valence-corrected chi connectivity index (χ4v) is 3.12. The van der Waals surface area contributed by atoms with Crippen molar-refractivity contribution in [3.63, 3.8) is 0 Å². The Morgan fingerprint density at radius 3 is 3.10 bits per heavy atom. The second-order valence-electron chi connectivity index (χ2n) is 4.27. The lowest BCUT2D eigenvalue weighted by Gasteiger charge is -2.06. The summed E-state index contributed by atoms with van der Waals surface area (Å²) in [6, 6.07) is 4.06. The highest BCUT2D eigenvalue weighted by Crippen LogP contribution is 2.16. The van der Waals surface area contributed by atoms with E-state index in [4.69, 9.17) is 5.11 Å². The molecule has 0 radical (unpaired) electrons. The summed E-state index contributed by atoms with van der Waals surface area (Å²) in [5, 5.41) is 15.3. The number of pyridine rings is 1. The number of nitrogens with one attached hydrogen (secondary N) is 1. The third-order valence-electron chi connectivity index (χ3n) is 2.68. The second-order valence-corrected chi connectivity index (χ2v) is 6.31. The molecule has 20 heavy (non-hydrogen) atoms. The number of aliphatic hydroxyl groups excluding tert-OH is 1. The Hall–Kier alpha value is -1.11. The average Bonchev–Trinajstić information content (AvgIpc) is 2.94. The minimum absolute atomic E-state index is 0.227. The summed E-state index contributed by atoms with van der Waals surface area (Å²) in [7, 11) is 0. The predicted molar refractivity (Wildman–Crippen MR) is 86.3 cm³/mol. The van der Waals surface area contributed by atoms with Crippen molar-refractivity contribution in [2.75, 3.05) is 17.7 Å². The van der Waals surface area contributed by atoms with Crippen molar-refractivity contribution in [2.45, 2.75) is 25.6 Å². The van der Waals surface area contributed by atoms with Gasteiger partial charge in [0.05, 0.1) is 23.9 Å². The molecule has 0 aliphatic carbocycles. The first-order valence-electron chi connectivity index (χ1n) is 6.62. The van der Waals surface area contributed by atoms with E-state index in [1.807, 2.05) is 12.3 Å². The molecular formula is C14H19N3OS2. The number of hydrogen-bond acceptors (Lipinski definition) is 6. The number of thioether (sulfide) groups is 1. The summed E-state index contributed by atoms with van der Waals surface area (Å²) in [4.78, 5) is 8.84. The van der Waals surface area contributed by atoms with Gasteiger partial charge < -0.3 is 10.4 Å². The Morgan fingerprint density at radius 2 is 2.35 bits per heavy atom. The van der Waals surface area contributed by atoms with E-state index in [-0.39, 0.29) is 6.61 Å². The molecule has 0 aliphatic heterocycles. The molecule has 2 aromatic heterocycles. The summed E-state index contributed by atoms with van der Waals surface area (Å²) in [6.07, 6.45) is 2.80. The first-order chi connectivity index (χ1) is 9.81. The van der Waals surface area contributed by atoms with Crippen LogP contribution in [0.25, 0.3) is 0 Å². The van der Waals surface area contributed by atoms with Gasteiger partial charge >= 0.3 is 0 Å². The van der Waals surface area contributed by atoms with Crippen molar-refractivity contribution in [2.24, 2.45) is 0 Å². The molecular weight excluding hydrogens is 290 g/mol. The summed E-state index contributed by atoms with van der Waals surface area (Å²) >= 11 is 3.42. The Labute approximate surface area is 127 Å². The Bertz CT molecular complexity index is 531. The molecule has 2 aromatic rings. The molecule has 0 unspecified atom stereocenters. The third kappa shape index (κ3) is 4.77. The van der Waals surface area contributed by atoms with E-state index in [1.165, 1.54) is 10.6 Å². The maximum Gasteiger partial charge on any atom is 0.126 e. The van der Waals surface area contributed by atoms with Gasteiger partial charge in [0.1, 0.15) is 5.82 Å². The van der Waals surface area contributed by atoms with E-state index >= 15 is 0 Å². The van der Waals surface area contributed by atoms with Crippen LogP contribution >= 0.6 is 23.1 Å². The molecule has 0 saturated carbocycles. The Balaban J connectivity index is 1.87. The maximum absolute atomic E-state index is 8.78. The molecule has 108 valence electrons. The lowest BCUT2D eigenvalue weighted by atomic mass is 10.3. The largest absolute Gasteiger partial charge is 0.396 e. The quantitative estimate of drug-likeness (QED) is 0.734. The van der Waals surface area contributed by atoms with Crippen molar-refractivity contribution in [3.05, 3.63) is 40.0 Å². The smallest absolute Gasteiger partial charge is 0.126 e. The van der Waals surface area contributed by atoms with E-state index in [1.54, 1.807) is 23.1 Å². The molecule has 2 N–H and O–H groups in total. The van der Waals surface area contributed by atoms with Gasteiger partial charge in [-0.05, 0) is 24.1 Å². The standard InChI is InChI=1S/C14H19N3OS2/c1-2-14-17-12(10-20-14)8-16-13-7-11(3-4-15-13)9-19-6-5-18/h3-4,7,10,18H,2,5-6,8-9H2,1H3,(H,15,16). The number of thiazole rings is 1. The highest BCUT2D eigenvalue weighted by atomic mass is 32.2. The van der Waals surface area contributed by atoms with Crippen LogP contribution in [0.3, 0.4) is 0 Å². The SMILES string of the molecule is CCc1nc(CNc2cc(CSCCO)ccn2)cs1. The molecule has 0 spiro atoms. The van der Waals surface area contributed by atoms with E-state index in [2.05, 4.69) is 33.7 Å². The average molecular weight is 309 g/mol. The Kier molecular flexibility index (Phi) is 6.29. The second kappa shape index (κ2) is 8.24. The summed E-state index contributed by atoms with van der Waals surface area (Å²) in [5.74, 6) is 2.54. The fraction of sp³-hybridized carbons (Fsp3) is 0.429. The third-order valence-corrected chi connectivity index (χ3v) is 4.73. The maximum atomic E-state index is 8.78. The Morgan fingerprint density at radius 1 is 1.45 bits per heavy atom. The summed E-state index contributed by atoms with van der Waals surface area (Å²) in [6.45, 7) is 3.05. The number of aryl methyl sites for hydroxylation is 1. The van der Waals surface area contributed by atoms with Crippen LogP contribution in [-0.4, -0.2) is 27.4 Å². The van der Waals surface area contributed by atoms with Crippen LogP contribution in [0, 0.1) is 0 Å². The van der Waals surface area contributed by atoms with Crippen LogP contribution in [0.1, 0.15) is 23.2 Å². The molecule has 0 aliphatic rings. The minimum atomic E-state index is 0.227. The zero-order valence-electron chi connectivity index (χ0n) is 11.5. The first-order valence-corrected chi connectivity index (χ1v) is 8.66. The topological polar surface area (TPSA) is 58.0 Å². The minimum Gasteiger partial charge on any atom is -0.396 e. The van der Waals surface area contributed by atoms with Crippen molar-refractivity contribution in [1.29, 1.82) is 0 Å². The van der Waals surface area contributed by atoms with Crippen molar-refractivity contribution < 1.29 is 5.11 Å². The van der Waals surface area contributed by atoms with Gasteiger partial charge in [0, 0.05) is 23.1 Å². The van der Waals surface area contributed by atoms with Crippen LogP contribution in [-0.2, 0) is 18.7 Å². The van der Waals surface area contributed by atoms with Crippen LogP contribution in [0.5, 0.6) is 0 Å². The molecule has 0 atom stereocenters. The molecule has 0 amide bonds. The zero-order valence-corrected chi connectivity index (χ0v) is 13.1. The number of rotatable bonds is 8. The van der Waals surface area contributed by atoms with Gasteiger partial charge in [0.15, 0.2) is 0 Å². The number of anilines is 1. The van der Waals surface area contributed by atoms with Gasteiger partial charge in [-0.25, -0.2) is 9.97 Å². The first kappa shape index (κ1) is 15.3. The van der Waals surface area contributed by atoms with Gasteiger partial charge in [-0.1, -0.05) is 6.92 Å². The summed E-state index contributed by atoms with van der Waals surface area (Å²) < 4.78 is 0. The monoisotopic (exact) mass is 309 g/mol. The molecule has 0 fully saturated rings. The van der Waals surface area contributed by atoms with Crippen molar-refractivity contribution >= 4 is 28.9 Å². The summed E-state index contributed by atoms with van der Waals surface area (Å²) in [5.41, 5.74) is 2.28. The lowest BCUT2D eigenvalue weighted by molar-refractivity contribution is 0.322. The van der Waals surface area contributed by atoms with E-state index < -0.39 is 0 Å². The number of aromatic nitrogens is 2. The predicted octanol–water partition coefficient (Wildman–Crippen LogP) is 2.94. The zero-order chi connectivity index (χ0) is 14.2. The van der Waals surface area contributed by atoms with Gasteiger partial charge in [-0.15, -0.1) is 11.3 Å². The molecule has 0 aromatic carbocycles. The molecule has 0 saturated heterocycles. The van der Waals surface area contributed by atoms with Crippen LogP contribution in [0.4, 0.5) is 5.82 Å². The highest BCUT2D eigenvalue weighted by Gasteiger charge is 2.02. The van der Waals surface area contributed by atoms with Gasteiger partial charge in [0.2, 0.25) is 0 Å². The van der Waals surface area contributed by atoms with Crippen LogP contribution in [0.2, 0.25) is 0 Å². The molecule has 4 nitrogen and oxygen atoms in total. The number of aliphatic hydroxyl groups is 1. The molecule has 0 bridgehead atoms.